The second-order valence-corrected chi connectivity index (χ2v) is 7.30. The molecule has 28 heavy (non-hydrogen) atoms. The summed E-state index contributed by atoms with van der Waals surface area (Å²) in [6, 6.07) is 13.5. The topological polar surface area (TPSA) is 51.9 Å². The van der Waals surface area contributed by atoms with Crippen LogP contribution in [0.4, 0.5) is 0 Å². The van der Waals surface area contributed by atoms with Crippen LogP contribution in [-0.2, 0) is 6.54 Å². The maximum absolute atomic E-state index is 12.1. The lowest BCUT2D eigenvalue weighted by atomic mass is 10.0. The molecule has 0 spiro atoms. The lowest BCUT2D eigenvalue weighted by Crippen LogP contribution is -2.40. The van der Waals surface area contributed by atoms with Gasteiger partial charge in [0.1, 0.15) is 18.3 Å². The Morgan fingerprint density at radius 2 is 1.89 bits per heavy atom. The van der Waals surface area contributed by atoms with Gasteiger partial charge in [-0.15, -0.1) is 0 Å². The normalized spacial score (nSPS) is 15.9. The zero-order valence-electron chi connectivity index (χ0n) is 16.5. The molecule has 1 unspecified atom stereocenters. The monoisotopic (exact) mass is 379 g/mol. The Balaban J connectivity index is 1.56. The third-order valence-corrected chi connectivity index (χ3v) is 5.39. The molecule has 0 aliphatic carbocycles. The Morgan fingerprint density at radius 1 is 1.11 bits per heavy atom. The zero-order valence-corrected chi connectivity index (χ0v) is 16.5. The minimum Gasteiger partial charge on any atom is -0.486 e. The number of likely N-dealkylation sites (N-methyl/N-ethyl adjacent to an activating group) is 1. The maximum atomic E-state index is 12.1. The first-order valence-electron chi connectivity index (χ1n) is 9.69. The van der Waals surface area contributed by atoms with Crippen LogP contribution in [0.1, 0.15) is 23.6 Å². The van der Waals surface area contributed by atoms with Crippen molar-refractivity contribution in [1.29, 1.82) is 0 Å². The van der Waals surface area contributed by atoms with E-state index < -0.39 is 0 Å². The molecule has 0 radical (unpaired) electrons. The van der Waals surface area contributed by atoms with Crippen molar-refractivity contribution in [3.8, 4) is 11.5 Å². The van der Waals surface area contributed by atoms with Crippen LogP contribution in [-0.4, -0.2) is 30.7 Å². The smallest absolute Gasteiger partial charge is 0.336 e. The number of aryl methyl sites for hydroxylation is 2. The molecule has 1 aliphatic rings. The van der Waals surface area contributed by atoms with Gasteiger partial charge in [0, 0.05) is 24.5 Å². The maximum Gasteiger partial charge on any atom is 0.336 e. The number of hydrogen-bond donors (Lipinski definition) is 0. The number of ether oxygens (including phenoxy) is 2. The molecule has 0 saturated heterocycles. The summed E-state index contributed by atoms with van der Waals surface area (Å²) in [5, 5.41) is 0.993. The molecule has 2 heterocycles. The van der Waals surface area contributed by atoms with Crippen molar-refractivity contribution in [2.45, 2.75) is 33.4 Å². The second-order valence-electron chi connectivity index (χ2n) is 7.30. The van der Waals surface area contributed by atoms with Gasteiger partial charge in [-0.25, -0.2) is 4.79 Å². The molecule has 1 aliphatic heterocycles. The molecule has 0 saturated carbocycles. The van der Waals surface area contributed by atoms with Crippen LogP contribution in [0.25, 0.3) is 11.0 Å². The van der Waals surface area contributed by atoms with Gasteiger partial charge in [-0.05, 0) is 49.2 Å². The van der Waals surface area contributed by atoms with E-state index in [0.717, 1.165) is 46.7 Å². The van der Waals surface area contributed by atoms with Crippen molar-refractivity contribution >= 4 is 11.0 Å². The average Bonchev–Trinajstić information content (AvgIpc) is 2.70. The van der Waals surface area contributed by atoms with Gasteiger partial charge in [0.25, 0.3) is 0 Å². The number of fused-ring (bicyclic) bond motifs is 2. The Bertz CT molecular complexity index is 1060. The van der Waals surface area contributed by atoms with Crippen molar-refractivity contribution in [3.05, 3.63) is 69.6 Å². The van der Waals surface area contributed by atoms with Crippen LogP contribution in [0.15, 0.2) is 51.7 Å². The summed E-state index contributed by atoms with van der Waals surface area (Å²) in [5.41, 5.74) is 3.49. The third-order valence-electron chi connectivity index (χ3n) is 5.39. The molecule has 4 rings (SSSR count). The minimum atomic E-state index is -0.307. The fraction of sp³-hybridized carbons (Fsp3) is 0.348. The third kappa shape index (κ3) is 3.62. The van der Waals surface area contributed by atoms with Gasteiger partial charge in [-0.3, -0.25) is 4.90 Å². The van der Waals surface area contributed by atoms with Crippen molar-refractivity contribution < 1.29 is 13.9 Å². The van der Waals surface area contributed by atoms with Crippen molar-refractivity contribution in [2.24, 2.45) is 0 Å². The lowest BCUT2D eigenvalue weighted by molar-refractivity contribution is 0.0581. The minimum absolute atomic E-state index is 0.0507. The standard InChI is InChI=1S/C23H25NO4/c1-4-24(13-18-14-26-20-7-5-6-8-21(20)27-18)12-17-11-22(25)28-23-16(3)15(2)9-10-19(17)23/h5-11,18H,4,12-14H2,1-3H3. The molecule has 1 aromatic heterocycles. The highest BCUT2D eigenvalue weighted by Gasteiger charge is 2.23. The number of benzene rings is 2. The molecule has 5 heteroatoms. The first-order valence-corrected chi connectivity index (χ1v) is 9.69. The predicted molar refractivity (Wildman–Crippen MR) is 109 cm³/mol. The highest BCUT2D eigenvalue weighted by molar-refractivity contribution is 5.83. The van der Waals surface area contributed by atoms with E-state index in [4.69, 9.17) is 13.9 Å². The molecule has 5 nitrogen and oxygen atoms in total. The lowest BCUT2D eigenvalue weighted by Gasteiger charge is -2.31. The number of para-hydroxylation sites is 2. The van der Waals surface area contributed by atoms with Gasteiger partial charge in [-0.2, -0.15) is 0 Å². The predicted octanol–water partition coefficient (Wildman–Crippen LogP) is 4.07. The van der Waals surface area contributed by atoms with Gasteiger partial charge in [0.2, 0.25) is 0 Å². The SMILES string of the molecule is CCN(Cc1cc(=O)oc2c(C)c(C)ccc12)CC1COc2ccccc2O1. The average molecular weight is 379 g/mol. The highest BCUT2D eigenvalue weighted by Crippen LogP contribution is 2.31. The highest BCUT2D eigenvalue weighted by atomic mass is 16.6. The van der Waals surface area contributed by atoms with Gasteiger partial charge >= 0.3 is 5.63 Å². The molecule has 146 valence electrons. The van der Waals surface area contributed by atoms with Crippen molar-refractivity contribution in [3.63, 3.8) is 0 Å². The fourth-order valence-electron chi connectivity index (χ4n) is 3.64. The molecule has 3 aromatic rings. The van der Waals surface area contributed by atoms with E-state index in [1.54, 1.807) is 6.07 Å². The number of nitrogens with zero attached hydrogens (tertiary/aromatic N) is 1. The molecule has 1 atom stereocenters. The summed E-state index contributed by atoms with van der Waals surface area (Å²) < 4.78 is 17.4. The van der Waals surface area contributed by atoms with E-state index in [0.29, 0.717) is 18.7 Å². The Morgan fingerprint density at radius 3 is 2.68 bits per heavy atom. The van der Waals surface area contributed by atoms with E-state index in [-0.39, 0.29) is 11.7 Å². The summed E-state index contributed by atoms with van der Waals surface area (Å²) >= 11 is 0. The summed E-state index contributed by atoms with van der Waals surface area (Å²) in [6.07, 6.45) is -0.0507. The van der Waals surface area contributed by atoms with E-state index in [1.807, 2.05) is 44.2 Å². The largest absolute Gasteiger partial charge is 0.486 e. The Labute approximate surface area is 164 Å². The summed E-state index contributed by atoms with van der Waals surface area (Å²) in [5.74, 6) is 1.58. The van der Waals surface area contributed by atoms with Crippen LogP contribution >= 0.6 is 0 Å². The molecule has 0 fully saturated rings. The molecular weight excluding hydrogens is 354 g/mol. The van der Waals surface area contributed by atoms with Gasteiger partial charge in [0.05, 0.1) is 0 Å². The molecular formula is C23H25NO4. The number of hydrogen-bond acceptors (Lipinski definition) is 5. The van der Waals surface area contributed by atoms with Crippen molar-refractivity contribution in [1.82, 2.24) is 4.90 Å². The molecule has 0 amide bonds. The van der Waals surface area contributed by atoms with Gasteiger partial charge < -0.3 is 13.9 Å². The van der Waals surface area contributed by atoms with E-state index in [2.05, 4.69) is 17.9 Å². The Kier molecular flexibility index (Phi) is 5.09. The van der Waals surface area contributed by atoms with Crippen molar-refractivity contribution in [2.75, 3.05) is 19.7 Å². The summed E-state index contributed by atoms with van der Waals surface area (Å²) in [6.45, 7) is 8.86. The van der Waals surface area contributed by atoms with Crippen LogP contribution in [0, 0.1) is 13.8 Å². The van der Waals surface area contributed by atoms with Gasteiger partial charge in [0.15, 0.2) is 11.5 Å². The first kappa shape index (κ1) is 18.6. The molecule has 2 aromatic carbocycles. The summed E-state index contributed by atoms with van der Waals surface area (Å²) in [4.78, 5) is 14.4. The first-order chi connectivity index (χ1) is 13.5. The van der Waals surface area contributed by atoms with Gasteiger partial charge in [-0.1, -0.05) is 31.2 Å². The number of rotatable bonds is 5. The molecule has 0 bridgehead atoms. The van der Waals surface area contributed by atoms with Crippen LogP contribution in [0.3, 0.4) is 0 Å². The Hall–Kier alpha value is -2.79. The molecule has 0 N–H and O–H groups in total. The summed E-state index contributed by atoms with van der Waals surface area (Å²) in [7, 11) is 0. The quantitative estimate of drug-likeness (QED) is 0.626. The second kappa shape index (κ2) is 7.68. The van der Waals surface area contributed by atoms with Crippen LogP contribution < -0.4 is 15.1 Å². The van der Waals surface area contributed by atoms with E-state index in [9.17, 15) is 4.79 Å². The van der Waals surface area contributed by atoms with E-state index in [1.165, 1.54) is 0 Å². The van der Waals surface area contributed by atoms with E-state index >= 15 is 0 Å². The fourth-order valence-corrected chi connectivity index (χ4v) is 3.64. The zero-order chi connectivity index (χ0) is 19.7. The van der Waals surface area contributed by atoms with Crippen LogP contribution in [0.5, 0.6) is 11.5 Å². The van der Waals surface area contributed by atoms with Crippen LogP contribution in [0.2, 0.25) is 0 Å².